The maximum atomic E-state index is 13.3. The highest BCUT2D eigenvalue weighted by molar-refractivity contribution is 5.99. The molecule has 0 aromatic heterocycles. The van der Waals surface area contributed by atoms with Crippen molar-refractivity contribution in [1.82, 2.24) is 0 Å². The summed E-state index contributed by atoms with van der Waals surface area (Å²) in [5.41, 5.74) is 1.77. The van der Waals surface area contributed by atoms with Crippen molar-refractivity contribution in [3.63, 3.8) is 0 Å². The van der Waals surface area contributed by atoms with E-state index in [9.17, 15) is 10.4 Å². The van der Waals surface area contributed by atoms with Crippen molar-refractivity contribution in [2.24, 2.45) is 0 Å². The van der Waals surface area contributed by atoms with Gasteiger partial charge in [0.15, 0.2) is 12.4 Å². The zero-order valence-corrected chi connectivity index (χ0v) is 17.9. The first-order chi connectivity index (χ1) is 15.7. The lowest BCUT2D eigenvalue weighted by molar-refractivity contribution is -0.598. The summed E-state index contributed by atoms with van der Waals surface area (Å²) in [6, 6.07) is 27.3. The second kappa shape index (κ2) is 8.83. The smallest absolute Gasteiger partial charge is 0.224 e. The van der Waals surface area contributed by atoms with Crippen molar-refractivity contribution in [2.75, 3.05) is 0 Å². The van der Waals surface area contributed by atoms with E-state index >= 15 is 0 Å². The molecule has 2 atom stereocenters. The standard InChI is InChI=1S/C28H26N2O2/c31-29(19-23-13-7-11-21-9-1-3-15-25(21)23)27-17-5-6-18-28(27)30(32)20-24-14-8-12-22-10-2-4-16-26(22)24/h1-4,7-16,19-20,27-28H,5-6,17-18H2/b29-19-,30-20-/t27-,28-/m0/s1. The van der Waals surface area contributed by atoms with Crippen LogP contribution in [0.1, 0.15) is 36.8 Å². The minimum atomic E-state index is -0.369. The summed E-state index contributed by atoms with van der Waals surface area (Å²) in [7, 11) is 0. The fraction of sp³-hybridized carbons (Fsp3) is 0.214. The molecule has 1 aliphatic rings. The predicted molar refractivity (Wildman–Crippen MR) is 132 cm³/mol. The van der Waals surface area contributed by atoms with Gasteiger partial charge in [0.25, 0.3) is 0 Å². The summed E-state index contributed by atoms with van der Waals surface area (Å²) in [5.74, 6) is 0. The number of hydroxylamine groups is 2. The Bertz CT molecular complexity index is 1210. The predicted octanol–water partition coefficient (Wildman–Crippen LogP) is 5.86. The lowest BCUT2D eigenvalue weighted by Gasteiger charge is -2.28. The van der Waals surface area contributed by atoms with Crippen molar-refractivity contribution in [1.29, 1.82) is 0 Å². The molecule has 1 saturated carbocycles. The van der Waals surface area contributed by atoms with Gasteiger partial charge in [-0.15, -0.1) is 0 Å². The molecular weight excluding hydrogens is 396 g/mol. The molecule has 160 valence electrons. The highest BCUT2D eigenvalue weighted by Crippen LogP contribution is 2.25. The van der Waals surface area contributed by atoms with Gasteiger partial charge in [0.2, 0.25) is 12.1 Å². The monoisotopic (exact) mass is 422 g/mol. The quantitative estimate of drug-likeness (QED) is 0.179. The Labute approximate surface area is 187 Å². The molecule has 4 nitrogen and oxygen atoms in total. The van der Waals surface area contributed by atoms with Gasteiger partial charge in [0.1, 0.15) is 0 Å². The Balaban J connectivity index is 1.49. The molecule has 0 unspecified atom stereocenters. The van der Waals surface area contributed by atoms with E-state index in [0.29, 0.717) is 0 Å². The van der Waals surface area contributed by atoms with E-state index in [1.807, 2.05) is 84.9 Å². The number of hydrogen-bond donors (Lipinski definition) is 0. The molecule has 0 radical (unpaired) electrons. The average molecular weight is 423 g/mol. The molecule has 0 amide bonds. The number of hydrogen-bond acceptors (Lipinski definition) is 2. The molecule has 4 aromatic rings. The van der Waals surface area contributed by atoms with E-state index in [4.69, 9.17) is 0 Å². The normalized spacial score (nSPS) is 20.0. The summed E-state index contributed by atoms with van der Waals surface area (Å²) in [6.45, 7) is 0. The largest absolute Gasteiger partial charge is 0.623 e. The van der Waals surface area contributed by atoms with E-state index in [1.54, 1.807) is 12.4 Å². The van der Waals surface area contributed by atoms with Gasteiger partial charge < -0.3 is 10.4 Å². The third-order valence-electron chi connectivity index (χ3n) is 6.53. The van der Waals surface area contributed by atoms with Crippen LogP contribution >= 0.6 is 0 Å². The van der Waals surface area contributed by atoms with Gasteiger partial charge in [0, 0.05) is 24.0 Å². The van der Waals surface area contributed by atoms with Crippen molar-refractivity contribution in [3.05, 3.63) is 106 Å². The number of benzene rings is 4. The van der Waals surface area contributed by atoms with E-state index in [1.165, 1.54) is 0 Å². The molecule has 0 heterocycles. The maximum Gasteiger partial charge on any atom is 0.224 e. The van der Waals surface area contributed by atoms with Crippen LogP contribution in [0.4, 0.5) is 0 Å². The van der Waals surface area contributed by atoms with E-state index in [0.717, 1.165) is 67.8 Å². The van der Waals surface area contributed by atoms with Crippen molar-refractivity contribution < 1.29 is 9.48 Å². The van der Waals surface area contributed by atoms with Crippen LogP contribution in [0, 0.1) is 10.4 Å². The van der Waals surface area contributed by atoms with Crippen LogP contribution in [0.15, 0.2) is 84.9 Å². The van der Waals surface area contributed by atoms with E-state index < -0.39 is 0 Å². The summed E-state index contributed by atoms with van der Waals surface area (Å²) in [5, 5.41) is 30.8. The van der Waals surface area contributed by atoms with Crippen molar-refractivity contribution >= 4 is 34.0 Å². The molecular formula is C28H26N2O2. The maximum absolute atomic E-state index is 13.3. The highest BCUT2D eigenvalue weighted by atomic mass is 16.5. The van der Waals surface area contributed by atoms with Gasteiger partial charge in [-0.05, 0) is 46.5 Å². The first-order valence-electron chi connectivity index (χ1n) is 11.3. The van der Waals surface area contributed by atoms with Crippen LogP contribution in [-0.4, -0.2) is 34.0 Å². The van der Waals surface area contributed by atoms with Gasteiger partial charge in [-0.3, -0.25) is 0 Å². The van der Waals surface area contributed by atoms with Crippen LogP contribution in [0.25, 0.3) is 21.5 Å². The van der Waals surface area contributed by atoms with Crippen LogP contribution in [-0.2, 0) is 0 Å². The van der Waals surface area contributed by atoms with Gasteiger partial charge in [-0.25, -0.2) is 9.48 Å². The Kier molecular flexibility index (Phi) is 5.59. The molecule has 0 saturated heterocycles. The molecule has 0 N–H and O–H groups in total. The number of nitrogens with zero attached hydrogens (tertiary/aromatic N) is 2. The Morgan fingerprint density at radius 2 is 0.969 bits per heavy atom. The topological polar surface area (TPSA) is 52.1 Å². The zero-order chi connectivity index (χ0) is 21.9. The minimum Gasteiger partial charge on any atom is -0.623 e. The van der Waals surface area contributed by atoms with Crippen LogP contribution in [0.5, 0.6) is 0 Å². The van der Waals surface area contributed by atoms with Gasteiger partial charge in [0.05, 0.1) is 0 Å². The third-order valence-corrected chi connectivity index (χ3v) is 6.53. The summed E-state index contributed by atoms with van der Waals surface area (Å²) < 4.78 is 2.04. The molecule has 1 fully saturated rings. The molecule has 0 aliphatic heterocycles. The second-order valence-corrected chi connectivity index (χ2v) is 8.53. The summed E-state index contributed by atoms with van der Waals surface area (Å²) in [4.78, 5) is 0. The van der Waals surface area contributed by atoms with E-state index in [2.05, 4.69) is 0 Å². The first kappa shape index (κ1) is 20.3. The Morgan fingerprint density at radius 1 is 0.562 bits per heavy atom. The first-order valence-corrected chi connectivity index (χ1v) is 11.3. The molecule has 1 aliphatic carbocycles. The fourth-order valence-electron chi connectivity index (χ4n) is 4.88. The number of fused-ring (bicyclic) bond motifs is 2. The number of rotatable bonds is 4. The van der Waals surface area contributed by atoms with Gasteiger partial charge in [-0.2, -0.15) is 0 Å². The highest BCUT2D eigenvalue weighted by Gasteiger charge is 2.37. The second-order valence-electron chi connectivity index (χ2n) is 8.53. The molecule has 4 aromatic carbocycles. The van der Waals surface area contributed by atoms with E-state index in [-0.39, 0.29) is 12.1 Å². The van der Waals surface area contributed by atoms with Crippen LogP contribution in [0.2, 0.25) is 0 Å². The average Bonchev–Trinajstić information content (AvgIpc) is 2.84. The Hall–Kier alpha value is -3.66. The lowest BCUT2D eigenvalue weighted by Crippen LogP contribution is -2.44. The molecule has 5 rings (SSSR count). The third kappa shape index (κ3) is 3.96. The fourth-order valence-corrected chi connectivity index (χ4v) is 4.88. The minimum absolute atomic E-state index is 0.369. The van der Waals surface area contributed by atoms with Crippen molar-refractivity contribution in [2.45, 2.75) is 37.8 Å². The molecule has 0 bridgehead atoms. The van der Waals surface area contributed by atoms with Gasteiger partial charge in [-0.1, -0.05) is 72.8 Å². The van der Waals surface area contributed by atoms with Crippen LogP contribution < -0.4 is 0 Å². The van der Waals surface area contributed by atoms with Crippen LogP contribution in [0.3, 0.4) is 0 Å². The summed E-state index contributed by atoms with van der Waals surface area (Å²) in [6.07, 6.45) is 6.69. The SMILES string of the molecule is [O-]/[N+](=C\c1cccc2ccccc12)[C@H]1CCCC[C@@H]1/[N+]([O-])=C/c1cccc2ccccc12. The zero-order valence-electron chi connectivity index (χ0n) is 17.9. The van der Waals surface area contributed by atoms with Gasteiger partial charge >= 0.3 is 0 Å². The molecule has 4 heteroatoms. The lowest BCUT2D eigenvalue weighted by atomic mass is 9.90. The summed E-state index contributed by atoms with van der Waals surface area (Å²) >= 11 is 0. The van der Waals surface area contributed by atoms with Crippen molar-refractivity contribution in [3.8, 4) is 0 Å². The molecule has 0 spiro atoms. The molecule has 32 heavy (non-hydrogen) atoms. The Morgan fingerprint density at radius 3 is 1.44 bits per heavy atom.